The van der Waals surface area contributed by atoms with Crippen molar-refractivity contribution in [2.75, 3.05) is 13.2 Å². The fourth-order valence-electron chi connectivity index (χ4n) is 9.76. The number of ether oxygens (including phenoxy) is 3. The summed E-state index contributed by atoms with van der Waals surface area (Å²) < 4.78 is 16.9. The van der Waals surface area contributed by atoms with Crippen LogP contribution in [0.2, 0.25) is 0 Å². The van der Waals surface area contributed by atoms with Gasteiger partial charge in [-0.1, -0.05) is 298 Å². The van der Waals surface area contributed by atoms with Crippen molar-refractivity contribution in [3.8, 4) is 0 Å². The number of carbonyl (C=O) groups excluding carboxylic acids is 3. The highest BCUT2D eigenvalue weighted by Gasteiger charge is 2.19. The number of allylic oxidation sites excluding steroid dienone is 14. The summed E-state index contributed by atoms with van der Waals surface area (Å²) in [6, 6.07) is 0. The molecule has 0 fully saturated rings. The molecule has 0 aromatic carbocycles. The molecule has 79 heavy (non-hydrogen) atoms. The van der Waals surface area contributed by atoms with Crippen molar-refractivity contribution in [3.05, 3.63) is 85.1 Å². The second-order valence-corrected chi connectivity index (χ2v) is 22.7. The maximum absolute atomic E-state index is 12.8. The number of rotatable bonds is 62. The number of carbonyl (C=O) groups is 3. The van der Waals surface area contributed by atoms with Crippen molar-refractivity contribution in [2.45, 2.75) is 348 Å². The molecule has 0 aromatic heterocycles. The predicted octanol–water partition coefficient (Wildman–Crippen LogP) is 23.4. The van der Waals surface area contributed by atoms with Gasteiger partial charge in [0, 0.05) is 19.3 Å². The summed E-state index contributed by atoms with van der Waals surface area (Å²) in [6.07, 6.45) is 89.2. The Balaban J connectivity index is 4.06. The summed E-state index contributed by atoms with van der Waals surface area (Å²) in [5.74, 6) is -0.923. The molecule has 0 aliphatic carbocycles. The topological polar surface area (TPSA) is 78.9 Å². The van der Waals surface area contributed by atoms with E-state index in [0.717, 1.165) is 122 Å². The first-order valence-electron chi connectivity index (χ1n) is 34.1. The second-order valence-electron chi connectivity index (χ2n) is 22.7. The van der Waals surface area contributed by atoms with Gasteiger partial charge in [-0.05, 0) is 109 Å². The van der Waals surface area contributed by atoms with Gasteiger partial charge in [0.2, 0.25) is 0 Å². The molecule has 6 nitrogen and oxygen atoms in total. The largest absolute Gasteiger partial charge is 0.462 e. The van der Waals surface area contributed by atoms with Gasteiger partial charge in [-0.3, -0.25) is 14.4 Å². The molecule has 0 amide bonds. The van der Waals surface area contributed by atoms with E-state index in [1.165, 1.54) is 180 Å². The molecule has 0 heterocycles. The van der Waals surface area contributed by atoms with Gasteiger partial charge in [0.1, 0.15) is 13.2 Å². The Morgan fingerprint density at radius 2 is 0.519 bits per heavy atom. The Bertz CT molecular complexity index is 1500. The zero-order chi connectivity index (χ0) is 57.1. The summed E-state index contributed by atoms with van der Waals surface area (Å²) in [4.78, 5) is 38.2. The average molecular weight is 1100 g/mol. The Morgan fingerprint density at radius 3 is 0.835 bits per heavy atom. The third kappa shape index (κ3) is 65.3. The Labute approximate surface area is 490 Å². The van der Waals surface area contributed by atoms with Gasteiger partial charge in [0.15, 0.2) is 6.10 Å². The van der Waals surface area contributed by atoms with E-state index in [0.29, 0.717) is 19.3 Å². The first kappa shape index (κ1) is 75.6. The van der Waals surface area contributed by atoms with Crippen LogP contribution in [0.25, 0.3) is 0 Å². The van der Waals surface area contributed by atoms with E-state index in [1.54, 1.807) is 0 Å². The molecule has 0 saturated heterocycles. The summed E-state index contributed by atoms with van der Waals surface area (Å²) >= 11 is 0. The zero-order valence-electron chi connectivity index (χ0n) is 52.4. The van der Waals surface area contributed by atoms with Crippen LogP contribution in [-0.4, -0.2) is 37.2 Å². The van der Waals surface area contributed by atoms with Crippen molar-refractivity contribution < 1.29 is 28.6 Å². The lowest BCUT2D eigenvalue weighted by atomic mass is 10.0. The minimum atomic E-state index is -0.796. The fourth-order valence-corrected chi connectivity index (χ4v) is 9.76. The Hall–Kier alpha value is -3.41. The third-order valence-corrected chi connectivity index (χ3v) is 14.8. The van der Waals surface area contributed by atoms with Crippen molar-refractivity contribution in [3.63, 3.8) is 0 Å². The molecule has 0 aliphatic rings. The van der Waals surface area contributed by atoms with Crippen molar-refractivity contribution in [1.82, 2.24) is 0 Å². The standard InChI is InChI=1S/C73H128O6/c1-4-7-10-13-16-19-22-25-26-27-28-29-30-31-32-33-34-35-36-37-38-39-40-41-42-43-44-45-46-49-51-54-57-60-63-66-72(75)78-69-70(79-73(76)67-64-61-58-55-52-48-24-21-18-15-12-9-6-3)68-77-71(74)65-62-59-56-53-50-47-23-20-17-14-11-8-5-2/h9,11-12,14,18,20-23,25,27-28,48,52,70H,4-8,10,13,15-17,19,24,26,29-47,49-51,53-69H2,1-3H3/b12-9-,14-11-,21-18-,23-20-,25-22-,28-27-,52-48-. The molecule has 1 atom stereocenters. The van der Waals surface area contributed by atoms with Crippen molar-refractivity contribution >= 4 is 17.9 Å². The summed E-state index contributed by atoms with van der Waals surface area (Å²) in [5.41, 5.74) is 0. The average Bonchev–Trinajstić information content (AvgIpc) is 3.45. The van der Waals surface area contributed by atoms with E-state index in [-0.39, 0.29) is 31.1 Å². The maximum atomic E-state index is 12.8. The van der Waals surface area contributed by atoms with E-state index < -0.39 is 6.10 Å². The molecule has 0 radical (unpaired) electrons. The highest BCUT2D eigenvalue weighted by atomic mass is 16.6. The van der Waals surface area contributed by atoms with E-state index in [1.807, 2.05) is 0 Å². The molecule has 0 spiro atoms. The second kappa shape index (κ2) is 67.1. The van der Waals surface area contributed by atoms with Gasteiger partial charge in [0.05, 0.1) is 0 Å². The monoisotopic (exact) mass is 1100 g/mol. The van der Waals surface area contributed by atoms with Crippen molar-refractivity contribution in [1.29, 1.82) is 0 Å². The Kier molecular flexibility index (Phi) is 64.2. The van der Waals surface area contributed by atoms with Crippen LogP contribution in [0.4, 0.5) is 0 Å². The smallest absolute Gasteiger partial charge is 0.306 e. The summed E-state index contributed by atoms with van der Waals surface area (Å²) in [5, 5.41) is 0. The van der Waals surface area contributed by atoms with Crippen LogP contribution in [-0.2, 0) is 28.6 Å². The first-order valence-corrected chi connectivity index (χ1v) is 34.1. The molecule has 0 bridgehead atoms. The maximum Gasteiger partial charge on any atom is 0.306 e. The van der Waals surface area contributed by atoms with Crippen LogP contribution in [0.3, 0.4) is 0 Å². The third-order valence-electron chi connectivity index (χ3n) is 14.8. The van der Waals surface area contributed by atoms with Crippen LogP contribution in [0, 0.1) is 0 Å². The minimum Gasteiger partial charge on any atom is -0.462 e. The van der Waals surface area contributed by atoms with Gasteiger partial charge < -0.3 is 14.2 Å². The SMILES string of the molecule is CC/C=C\C/C=C\C/C=C\CCCCCC(=O)OC(COC(=O)CCCCCCC/C=C\C/C=C\CCC)COC(=O)CCCCCCCCCCCCCCCCCCCCCCCCC/C=C\C/C=C\CCCCCCC. The normalized spacial score (nSPS) is 12.6. The summed E-state index contributed by atoms with van der Waals surface area (Å²) in [7, 11) is 0. The summed E-state index contributed by atoms with van der Waals surface area (Å²) in [6.45, 7) is 6.44. The molecular weight excluding hydrogens is 973 g/mol. The molecule has 0 N–H and O–H groups in total. The van der Waals surface area contributed by atoms with E-state index in [4.69, 9.17) is 14.2 Å². The minimum absolute atomic E-state index is 0.0902. The lowest BCUT2D eigenvalue weighted by molar-refractivity contribution is -0.167. The Morgan fingerprint density at radius 1 is 0.266 bits per heavy atom. The van der Waals surface area contributed by atoms with Crippen LogP contribution in [0.5, 0.6) is 0 Å². The van der Waals surface area contributed by atoms with Gasteiger partial charge in [0.25, 0.3) is 0 Å². The van der Waals surface area contributed by atoms with Gasteiger partial charge in [-0.2, -0.15) is 0 Å². The number of hydrogen-bond acceptors (Lipinski definition) is 6. The van der Waals surface area contributed by atoms with Crippen molar-refractivity contribution in [2.24, 2.45) is 0 Å². The molecule has 0 aliphatic heterocycles. The molecule has 456 valence electrons. The van der Waals surface area contributed by atoms with E-state index >= 15 is 0 Å². The molecule has 1 unspecified atom stereocenters. The number of unbranched alkanes of at least 4 members (excludes halogenated alkanes) is 37. The van der Waals surface area contributed by atoms with Gasteiger partial charge in [-0.25, -0.2) is 0 Å². The van der Waals surface area contributed by atoms with Crippen LogP contribution >= 0.6 is 0 Å². The van der Waals surface area contributed by atoms with E-state index in [2.05, 4.69) is 106 Å². The molecular formula is C73H128O6. The lowest BCUT2D eigenvalue weighted by Gasteiger charge is -2.18. The number of hydrogen-bond donors (Lipinski definition) is 0. The molecule has 0 aromatic rings. The highest BCUT2D eigenvalue weighted by molar-refractivity contribution is 5.71. The highest BCUT2D eigenvalue weighted by Crippen LogP contribution is 2.17. The number of esters is 3. The van der Waals surface area contributed by atoms with Crippen LogP contribution in [0.1, 0.15) is 342 Å². The zero-order valence-corrected chi connectivity index (χ0v) is 52.4. The fraction of sp³-hybridized carbons (Fsp3) is 0.767. The quantitative estimate of drug-likeness (QED) is 0.0261. The molecule has 0 rings (SSSR count). The van der Waals surface area contributed by atoms with Gasteiger partial charge in [-0.15, -0.1) is 0 Å². The first-order chi connectivity index (χ1) is 39.0. The van der Waals surface area contributed by atoms with Gasteiger partial charge >= 0.3 is 17.9 Å². The van der Waals surface area contributed by atoms with E-state index in [9.17, 15) is 14.4 Å². The lowest BCUT2D eigenvalue weighted by Crippen LogP contribution is -2.30. The van der Waals surface area contributed by atoms with Crippen LogP contribution in [0.15, 0.2) is 85.1 Å². The molecule has 0 saturated carbocycles. The molecule has 6 heteroatoms. The predicted molar refractivity (Wildman–Crippen MR) is 344 cm³/mol. The van der Waals surface area contributed by atoms with Crippen LogP contribution < -0.4 is 0 Å².